The van der Waals surface area contributed by atoms with E-state index in [2.05, 4.69) is 20.4 Å². The van der Waals surface area contributed by atoms with Gasteiger partial charge in [-0.25, -0.2) is 19.6 Å². The third kappa shape index (κ3) is 8.55. The van der Waals surface area contributed by atoms with Crippen LogP contribution in [0, 0.1) is 0 Å². The monoisotopic (exact) mass is 226 g/mol. The maximum Gasteiger partial charge on any atom is 0.235 e. The third-order valence-electron chi connectivity index (χ3n) is 1.55. The van der Waals surface area contributed by atoms with Crippen LogP contribution in [0.3, 0.4) is 0 Å². The summed E-state index contributed by atoms with van der Waals surface area (Å²) in [6.45, 7) is 1.63. The molecule has 0 aliphatic carbocycles. The number of hydrogen-bond acceptors (Lipinski definition) is 6. The lowest BCUT2D eigenvalue weighted by Crippen LogP contribution is -2.18. The maximum absolute atomic E-state index is 9.78. The molecule has 0 amide bonds. The van der Waals surface area contributed by atoms with Crippen LogP contribution in [0.2, 0.25) is 0 Å². The standard InChI is InChI=1S/C8H14N6O2/c1-13(5-3-9-7-15)11-12-14(2)6-4-10-8-16/h3-6H2,1-2H3/b12-11+. The normalized spacial score (nSPS) is 9.38. The fourth-order valence-corrected chi connectivity index (χ4v) is 0.707. The molecule has 0 aromatic carbocycles. The van der Waals surface area contributed by atoms with Crippen LogP contribution in [-0.2, 0) is 9.59 Å². The topological polar surface area (TPSA) is 90.1 Å². The summed E-state index contributed by atoms with van der Waals surface area (Å²) in [5.74, 6) is 0. The van der Waals surface area contributed by atoms with Crippen molar-refractivity contribution in [3.63, 3.8) is 0 Å². The van der Waals surface area contributed by atoms with E-state index in [-0.39, 0.29) is 0 Å². The van der Waals surface area contributed by atoms with Gasteiger partial charge in [0.1, 0.15) is 0 Å². The van der Waals surface area contributed by atoms with Gasteiger partial charge in [-0.05, 0) is 0 Å². The fraction of sp³-hybridized carbons (Fsp3) is 0.750. The minimum Gasteiger partial charge on any atom is -0.278 e. The number of aliphatic imine (C=N–C) groups is 2. The van der Waals surface area contributed by atoms with E-state index in [0.29, 0.717) is 26.2 Å². The Bertz CT molecular complexity index is 276. The van der Waals surface area contributed by atoms with Crippen LogP contribution in [0.25, 0.3) is 0 Å². The highest BCUT2D eigenvalue weighted by atomic mass is 16.1. The Kier molecular flexibility index (Phi) is 8.30. The summed E-state index contributed by atoms with van der Waals surface area (Å²) in [6.07, 6.45) is 2.88. The number of rotatable bonds is 8. The van der Waals surface area contributed by atoms with Crippen molar-refractivity contribution in [1.82, 2.24) is 10.0 Å². The molecule has 16 heavy (non-hydrogen) atoms. The lowest BCUT2D eigenvalue weighted by Gasteiger charge is -2.12. The lowest BCUT2D eigenvalue weighted by molar-refractivity contribution is 0.257. The average Bonchev–Trinajstić information content (AvgIpc) is 2.27. The zero-order valence-corrected chi connectivity index (χ0v) is 9.33. The summed E-state index contributed by atoms with van der Waals surface area (Å²) in [4.78, 5) is 26.3. The summed E-state index contributed by atoms with van der Waals surface area (Å²) in [7, 11) is 3.42. The molecule has 0 atom stereocenters. The zero-order valence-electron chi connectivity index (χ0n) is 9.33. The SMILES string of the molecule is CN(CCN=C=O)/N=N/N(C)CCN=C=O. The molecule has 0 aliphatic rings. The molecule has 0 unspecified atom stereocenters. The Morgan fingerprint density at radius 3 is 1.56 bits per heavy atom. The molecule has 0 N–H and O–H groups in total. The first-order chi connectivity index (χ1) is 7.70. The number of isocyanates is 2. The van der Waals surface area contributed by atoms with Crippen molar-refractivity contribution in [1.29, 1.82) is 0 Å². The Labute approximate surface area is 93.3 Å². The Morgan fingerprint density at radius 2 is 1.25 bits per heavy atom. The molecule has 0 aromatic rings. The predicted molar refractivity (Wildman–Crippen MR) is 56.1 cm³/mol. The molecule has 0 aliphatic heterocycles. The van der Waals surface area contributed by atoms with Gasteiger partial charge in [0.05, 0.1) is 26.2 Å². The van der Waals surface area contributed by atoms with Gasteiger partial charge >= 0.3 is 0 Å². The van der Waals surface area contributed by atoms with Crippen molar-refractivity contribution in [2.45, 2.75) is 0 Å². The maximum atomic E-state index is 9.78. The molecule has 0 spiro atoms. The second kappa shape index (κ2) is 9.51. The van der Waals surface area contributed by atoms with Crippen molar-refractivity contribution in [3.8, 4) is 0 Å². The highest BCUT2D eigenvalue weighted by Gasteiger charge is 1.94. The molecule has 0 fully saturated rings. The first-order valence-electron chi connectivity index (χ1n) is 4.61. The molecule has 0 heterocycles. The van der Waals surface area contributed by atoms with E-state index in [0.717, 1.165) is 0 Å². The molecule has 8 heteroatoms. The number of likely N-dealkylation sites (N-methyl/N-ethyl adjacent to an activating group) is 2. The molecule has 8 nitrogen and oxygen atoms in total. The number of carbonyl (C=O) groups excluding carboxylic acids is 2. The molecular formula is C8H14N6O2. The molecule has 0 aromatic heterocycles. The summed E-state index contributed by atoms with van der Waals surface area (Å²) < 4.78 is 0. The van der Waals surface area contributed by atoms with E-state index in [1.807, 2.05) is 0 Å². The van der Waals surface area contributed by atoms with Crippen molar-refractivity contribution in [2.24, 2.45) is 20.4 Å². The smallest absolute Gasteiger partial charge is 0.235 e. The van der Waals surface area contributed by atoms with Gasteiger partial charge in [0.2, 0.25) is 12.2 Å². The summed E-state index contributed by atoms with van der Waals surface area (Å²) in [5.41, 5.74) is 0. The largest absolute Gasteiger partial charge is 0.278 e. The van der Waals surface area contributed by atoms with Gasteiger partial charge in [-0.3, -0.25) is 10.0 Å². The second-order valence-electron chi connectivity index (χ2n) is 2.89. The van der Waals surface area contributed by atoms with E-state index >= 15 is 0 Å². The van der Waals surface area contributed by atoms with Crippen LogP contribution in [0.4, 0.5) is 0 Å². The summed E-state index contributed by atoms with van der Waals surface area (Å²) in [6, 6.07) is 0. The van der Waals surface area contributed by atoms with Gasteiger partial charge in [-0.1, -0.05) is 10.4 Å². The summed E-state index contributed by atoms with van der Waals surface area (Å²) in [5, 5.41) is 10.7. The molecular weight excluding hydrogens is 212 g/mol. The van der Waals surface area contributed by atoms with Crippen molar-refractivity contribution in [2.75, 3.05) is 40.3 Å². The molecule has 0 rings (SSSR count). The molecule has 0 saturated heterocycles. The van der Waals surface area contributed by atoms with E-state index in [1.54, 1.807) is 24.1 Å². The van der Waals surface area contributed by atoms with E-state index in [4.69, 9.17) is 0 Å². The molecule has 0 radical (unpaired) electrons. The molecule has 88 valence electrons. The van der Waals surface area contributed by atoms with Crippen LogP contribution in [0.15, 0.2) is 20.4 Å². The van der Waals surface area contributed by atoms with Crippen molar-refractivity contribution >= 4 is 12.2 Å². The minimum absolute atomic E-state index is 0.332. The van der Waals surface area contributed by atoms with Gasteiger partial charge in [0.25, 0.3) is 0 Å². The Balaban J connectivity index is 3.77. The molecule has 0 bridgehead atoms. The minimum atomic E-state index is 0.332. The first kappa shape index (κ1) is 14.0. The number of hydrogen-bond donors (Lipinski definition) is 0. The van der Waals surface area contributed by atoms with Crippen LogP contribution in [-0.4, -0.2) is 62.5 Å². The van der Waals surface area contributed by atoms with Gasteiger partial charge in [-0.15, -0.1) is 0 Å². The number of nitrogens with zero attached hydrogens (tertiary/aromatic N) is 6. The second-order valence-corrected chi connectivity index (χ2v) is 2.89. The van der Waals surface area contributed by atoms with Gasteiger partial charge in [0, 0.05) is 14.1 Å². The van der Waals surface area contributed by atoms with E-state index in [9.17, 15) is 9.59 Å². The fourth-order valence-electron chi connectivity index (χ4n) is 0.707. The molecule has 0 saturated carbocycles. The zero-order chi connectivity index (χ0) is 12.2. The van der Waals surface area contributed by atoms with Gasteiger partial charge in [0.15, 0.2) is 0 Å². The average molecular weight is 226 g/mol. The highest BCUT2D eigenvalue weighted by molar-refractivity contribution is 5.32. The van der Waals surface area contributed by atoms with E-state index in [1.165, 1.54) is 12.2 Å². The van der Waals surface area contributed by atoms with Crippen LogP contribution >= 0.6 is 0 Å². The lowest BCUT2D eigenvalue weighted by atomic mass is 10.6. The van der Waals surface area contributed by atoms with Crippen molar-refractivity contribution < 1.29 is 9.59 Å². The van der Waals surface area contributed by atoms with Gasteiger partial charge in [-0.2, -0.15) is 0 Å². The van der Waals surface area contributed by atoms with Gasteiger partial charge < -0.3 is 0 Å². The Hall–Kier alpha value is -2.04. The third-order valence-corrected chi connectivity index (χ3v) is 1.55. The highest BCUT2D eigenvalue weighted by Crippen LogP contribution is 1.90. The van der Waals surface area contributed by atoms with E-state index < -0.39 is 0 Å². The van der Waals surface area contributed by atoms with Crippen LogP contribution in [0.5, 0.6) is 0 Å². The van der Waals surface area contributed by atoms with Crippen LogP contribution < -0.4 is 0 Å². The first-order valence-corrected chi connectivity index (χ1v) is 4.61. The predicted octanol–water partition coefficient (Wildman–Crippen LogP) is -0.196. The van der Waals surface area contributed by atoms with Crippen molar-refractivity contribution in [3.05, 3.63) is 0 Å². The quantitative estimate of drug-likeness (QED) is 0.248. The summed E-state index contributed by atoms with van der Waals surface area (Å²) >= 11 is 0. The van der Waals surface area contributed by atoms with Crippen LogP contribution in [0.1, 0.15) is 0 Å². The Morgan fingerprint density at radius 1 is 0.875 bits per heavy atom.